The molecule has 9 heteroatoms. The molecule has 0 spiro atoms. The minimum absolute atomic E-state index is 0.0145. The molecular weight excluding hydrogens is 430 g/mol. The zero-order valence-electron chi connectivity index (χ0n) is 16.3. The van der Waals surface area contributed by atoms with E-state index in [2.05, 4.69) is 10.3 Å². The number of nitrogens with zero attached hydrogens (tertiary/aromatic N) is 2. The van der Waals surface area contributed by atoms with Crippen molar-refractivity contribution < 1.29 is 13.2 Å². The van der Waals surface area contributed by atoms with Gasteiger partial charge >= 0.3 is 0 Å². The molecule has 6 nitrogen and oxygen atoms in total. The lowest BCUT2D eigenvalue weighted by molar-refractivity contribution is 0.102. The Morgan fingerprint density at radius 1 is 1.28 bits per heavy atom. The number of aromatic nitrogens is 1. The van der Waals surface area contributed by atoms with Gasteiger partial charge in [0, 0.05) is 23.5 Å². The summed E-state index contributed by atoms with van der Waals surface area (Å²) in [4.78, 5) is 18.5. The number of aryl methyl sites for hydroxylation is 2. The average Bonchev–Trinajstić information content (AvgIpc) is 3.10. The van der Waals surface area contributed by atoms with Gasteiger partial charge in [-0.15, -0.1) is 11.3 Å². The molecule has 0 unspecified atom stereocenters. The molecule has 2 aliphatic rings. The van der Waals surface area contributed by atoms with Crippen LogP contribution in [0.4, 0.5) is 5.13 Å². The van der Waals surface area contributed by atoms with Crippen LogP contribution in [0.5, 0.6) is 0 Å². The third-order valence-electron chi connectivity index (χ3n) is 5.50. The van der Waals surface area contributed by atoms with E-state index in [-0.39, 0.29) is 21.4 Å². The second-order valence-corrected chi connectivity index (χ2v) is 11.2. The number of halogens is 1. The molecule has 1 amide bonds. The van der Waals surface area contributed by atoms with Crippen LogP contribution in [-0.2, 0) is 22.9 Å². The molecule has 0 saturated carbocycles. The van der Waals surface area contributed by atoms with Gasteiger partial charge < -0.3 is 0 Å². The van der Waals surface area contributed by atoms with Gasteiger partial charge in [-0.3, -0.25) is 10.1 Å². The van der Waals surface area contributed by atoms with Crippen LogP contribution in [0.3, 0.4) is 0 Å². The van der Waals surface area contributed by atoms with Gasteiger partial charge in [-0.2, -0.15) is 4.31 Å². The number of benzene rings is 1. The van der Waals surface area contributed by atoms with E-state index in [0.717, 1.165) is 44.2 Å². The molecule has 1 aliphatic carbocycles. The van der Waals surface area contributed by atoms with Gasteiger partial charge in [-0.1, -0.05) is 18.5 Å². The second kappa shape index (κ2) is 8.34. The molecule has 29 heavy (non-hydrogen) atoms. The first-order valence-electron chi connectivity index (χ1n) is 9.94. The van der Waals surface area contributed by atoms with E-state index < -0.39 is 10.0 Å². The number of thiazole rings is 1. The Hall–Kier alpha value is -1.48. The zero-order valence-corrected chi connectivity index (χ0v) is 18.7. The van der Waals surface area contributed by atoms with Crippen molar-refractivity contribution >= 4 is 44.0 Å². The van der Waals surface area contributed by atoms with Crippen LogP contribution in [0.2, 0.25) is 5.02 Å². The molecule has 1 aromatic heterocycles. The number of carbonyl (C=O) groups excluding carboxylic acids is 1. The summed E-state index contributed by atoms with van der Waals surface area (Å²) in [6.07, 6.45) is 6.06. The van der Waals surface area contributed by atoms with Crippen molar-refractivity contribution in [3.63, 3.8) is 0 Å². The molecule has 4 rings (SSSR count). The number of hydrogen-bond acceptors (Lipinski definition) is 5. The number of carbonyl (C=O) groups is 1. The van der Waals surface area contributed by atoms with Crippen LogP contribution in [0, 0.1) is 5.92 Å². The van der Waals surface area contributed by atoms with Crippen LogP contribution in [0.15, 0.2) is 23.1 Å². The fourth-order valence-corrected chi connectivity index (χ4v) is 7.06. The predicted molar refractivity (Wildman–Crippen MR) is 115 cm³/mol. The van der Waals surface area contributed by atoms with Gasteiger partial charge in [-0.05, 0) is 62.6 Å². The molecule has 1 aromatic carbocycles. The van der Waals surface area contributed by atoms with Crippen molar-refractivity contribution in [1.29, 1.82) is 0 Å². The third-order valence-corrected chi connectivity index (χ3v) is 8.92. The number of piperidine rings is 1. The number of sulfonamides is 1. The molecule has 0 bridgehead atoms. The Balaban J connectivity index is 1.57. The molecule has 2 aromatic rings. The smallest absolute Gasteiger partial charge is 0.257 e. The third kappa shape index (κ3) is 4.35. The number of fused-ring (bicyclic) bond motifs is 1. The highest BCUT2D eigenvalue weighted by molar-refractivity contribution is 7.89. The highest BCUT2D eigenvalue weighted by atomic mass is 35.5. The monoisotopic (exact) mass is 453 g/mol. The number of hydrogen-bond donors (Lipinski definition) is 1. The molecule has 1 fully saturated rings. The largest absolute Gasteiger partial charge is 0.298 e. The van der Waals surface area contributed by atoms with Gasteiger partial charge in [0.05, 0.1) is 10.7 Å². The molecule has 1 aliphatic heterocycles. The SMILES string of the molecule is C[C@H]1CCCN(S(=O)(=O)c2cc(C(=O)Nc3nc4c(s3)CCCC4)ccc2Cl)C1. The topological polar surface area (TPSA) is 79.4 Å². The Kier molecular flexibility index (Phi) is 5.97. The zero-order chi connectivity index (χ0) is 20.6. The van der Waals surface area contributed by atoms with E-state index in [1.165, 1.54) is 32.7 Å². The average molecular weight is 454 g/mol. The summed E-state index contributed by atoms with van der Waals surface area (Å²) in [6, 6.07) is 4.40. The van der Waals surface area contributed by atoms with E-state index in [9.17, 15) is 13.2 Å². The van der Waals surface area contributed by atoms with Crippen LogP contribution in [0.25, 0.3) is 0 Å². The number of nitrogens with one attached hydrogen (secondary N) is 1. The van der Waals surface area contributed by atoms with E-state index in [1.807, 2.05) is 6.92 Å². The highest BCUT2D eigenvalue weighted by Crippen LogP contribution is 2.31. The van der Waals surface area contributed by atoms with Gasteiger partial charge in [0.15, 0.2) is 5.13 Å². The highest BCUT2D eigenvalue weighted by Gasteiger charge is 2.31. The fourth-order valence-electron chi connectivity index (χ4n) is 3.92. The lowest BCUT2D eigenvalue weighted by Gasteiger charge is -2.30. The Morgan fingerprint density at radius 2 is 2.07 bits per heavy atom. The van der Waals surface area contributed by atoms with E-state index in [1.54, 1.807) is 6.07 Å². The van der Waals surface area contributed by atoms with Crippen LogP contribution in [0.1, 0.15) is 53.5 Å². The van der Waals surface area contributed by atoms with Crippen molar-refractivity contribution in [2.45, 2.75) is 50.3 Å². The first kappa shape index (κ1) is 20.8. The van der Waals surface area contributed by atoms with Crippen LogP contribution < -0.4 is 5.32 Å². The summed E-state index contributed by atoms with van der Waals surface area (Å²) >= 11 is 7.72. The van der Waals surface area contributed by atoms with Gasteiger partial charge in [0.1, 0.15) is 4.90 Å². The van der Waals surface area contributed by atoms with Crippen molar-refractivity contribution in [3.8, 4) is 0 Å². The Morgan fingerprint density at radius 3 is 2.83 bits per heavy atom. The van der Waals surface area contributed by atoms with Crippen molar-refractivity contribution in [3.05, 3.63) is 39.4 Å². The van der Waals surface area contributed by atoms with Crippen molar-refractivity contribution in [2.24, 2.45) is 5.92 Å². The van der Waals surface area contributed by atoms with E-state index in [4.69, 9.17) is 11.6 Å². The lowest BCUT2D eigenvalue weighted by Crippen LogP contribution is -2.39. The summed E-state index contributed by atoms with van der Waals surface area (Å²) < 4.78 is 27.7. The quantitative estimate of drug-likeness (QED) is 0.746. The van der Waals surface area contributed by atoms with Crippen molar-refractivity contribution in [1.82, 2.24) is 9.29 Å². The molecular formula is C20H24ClN3O3S2. The van der Waals surface area contributed by atoms with Gasteiger partial charge in [0.2, 0.25) is 10.0 Å². The Labute approximate surface area is 180 Å². The number of anilines is 1. The van der Waals surface area contributed by atoms with Crippen LogP contribution in [-0.4, -0.2) is 36.7 Å². The molecule has 0 radical (unpaired) electrons. The number of rotatable bonds is 4. The van der Waals surface area contributed by atoms with Crippen LogP contribution >= 0.6 is 22.9 Å². The lowest BCUT2D eigenvalue weighted by atomic mass is 10.0. The van der Waals surface area contributed by atoms with E-state index >= 15 is 0 Å². The summed E-state index contributed by atoms with van der Waals surface area (Å²) in [5, 5.41) is 3.51. The van der Waals surface area contributed by atoms with Gasteiger partial charge in [-0.25, -0.2) is 13.4 Å². The fraction of sp³-hybridized carbons (Fsp3) is 0.500. The van der Waals surface area contributed by atoms with E-state index in [0.29, 0.717) is 24.1 Å². The Bertz CT molecular complexity index is 1010. The molecule has 1 N–H and O–H groups in total. The number of amides is 1. The minimum Gasteiger partial charge on any atom is -0.298 e. The van der Waals surface area contributed by atoms with Crippen molar-refractivity contribution in [2.75, 3.05) is 18.4 Å². The van der Waals surface area contributed by atoms with Gasteiger partial charge in [0.25, 0.3) is 5.91 Å². The summed E-state index contributed by atoms with van der Waals surface area (Å²) in [7, 11) is -3.75. The maximum Gasteiger partial charge on any atom is 0.257 e. The first-order valence-corrected chi connectivity index (χ1v) is 12.6. The summed E-state index contributed by atoms with van der Waals surface area (Å²) in [6.45, 7) is 2.99. The first-order chi connectivity index (χ1) is 13.8. The summed E-state index contributed by atoms with van der Waals surface area (Å²) in [5.41, 5.74) is 1.32. The molecule has 1 saturated heterocycles. The minimum atomic E-state index is -3.75. The molecule has 1 atom stereocenters. The molecule has 2 heterocycles. The maximum absolute atomic E-state index is 13.1. The molecule has 156 valence electrons. The summed E-state index contributed by atoms with van der Waals surface area (Å²) in [5.74, 6) is -0.0732. The standard InChI is InChI=1S/C20H24ClN3O3S2/c1-13-5-4-10-24(12-13)29(26,27)18-11-14(8-9-15(18)21)19(25)23-20-22-16-6-2-3-7-17(16)28-20/h8-9,11,13H,2-7,10,12H2,1H3,(H,22,23,25)/t13-/m0/s1. The predicted octanol–water partition coefficient (Wildman–Crippen LogP) is 4.35. The second-order valence-electron chi connectivity index (χ2n) is 7.81. The maximum atomic E-state index is 13.1. The normalized spacial score (nSPS) is 20.3.